The first-order valence-corrected chi connectivity index (χ1v) is 9.87. The fraction of sp³-hybridized carbons (Fsp3) is 0.182. The molecule has 0 aliphatic carbocycles. The van der Waals surface area contributed by atoms with Gasteiger partial charge in [0, 0.05) is 28.2 Å². The molecular formula is C22H23N3O2S. The van der Waals surface area contributed by atoms with E-state index in [4.69, 9.17) is 0 Å². The molecule has 0 aliphatic heterocycles. The molecule has 144 valence electrons. The van der Waals surface area contributed by atoms with Crippen molar-refractivity contribution in [3.63, 3.8) is 0 Å². The van der Waals surface area contributed by atoms with E-state index in [-0.39, 0.29) is 17.9 Å². The van der Waals surface area contributed by atoms with Crippen LogP contribution in [0.2, 0.25) is 0 Å². The summed E-state index contributed by atoms with van der Waals surface area (Å²) in [4.78, 5) is 28.0. The van der Waals surface area contributed by atoms with E-state index >= 15 is 0 Å². The molecule has 0 spiro atoms. The van der Waals surface area contributed by atoms with Crippen LogP contribution in [0.4, 0.5) is 5.69 Å². The minimum Gasteiger partial charge on any atom is -0.350 e. The first kappa shape index (κ1) is 19.8. The zero-order valence-electron chi connectivity index (χ0n) is 15.9. The smallest absolute Gasteiger partial charge is 0.255 e. The van der Waals surface area contributed by atoms with E-state index in [0.717, 1.165) is 0 Å². The highest BCUT2D eigenvalue weighted by molar-refractivity contribution is 7.10. The topological polar surface area (TPSA) is 61.4 Å². The second-order valence-electron chi connectivity index (χ2n) is 6.60. The molecule has 0 saturated carbocycles. The molecule has 3 aromatic rings. The summed E-state index contributed by atoms with van der Waals surface area (Å²) >= 11 is 1.68. The van der Waals surface area contributed by atoms with Crippen LogP contribution in [0.15, 0.2) is 72.1 Å². The Balaban J connectivity index is 1.58. The van der Waals surface area contributed by atoms with Crippen LogP contribution in [0.1, 0.15) is 31.6 Å². The zero-order valence-corrected chi connectivity index (χ0v) is 16.7. The molecular weight excluding hydrogens is 370 g/mol. The maximum atomic E-state index is 12.5. The van der Waals surface area contributed by atoms with Crippen molar-refractivity contribution in [2.45, 2.75) is 6.04 Å². The lowest BCUT2D eigenvalue weighted by atomic mass is 10.1. The number of nitrogens with one attached hydrogen (secondary N) is 2. The zero-order chi connectivity index (χ0) is 19.9. The van der Waals surface area contributed by atoms with E-state index in [1.807, 2.05) is 43.7 Å². The number of likely N-dealkylation sites (N-methyl/N-ethyl adjacent to an activating group) is 1. The highest BCUT2D eigenvalue weighted by Crippen LogP contribution is 2.22. The summed E-state index contributed by atoms with van der Waals surface area (Å²) in [5.74, 6) is -0.313. The Morgan fingerprint density at radius 2 is 1.57 bits per heavy atom. The normalized spacial score (nSPS) is 11.8. The van der Waals surface area contributed by atoms with E-state index < -0.39 is 0 Å². The Morgan fingerprint density at radius 1 is 0.893 bits per heavy atom. The van der Waals surface area contributed by atoms with Gasteiger partial charge >= 0.3 is 0 Å². The number of thiophene rings is 1. The van der Waals surface area contributed by atoms with E-state index in [2.05, 4.69) is 21.6 Å². The number of benzene rings is 2. The van der Waals surface area contributed by atoms with Crippen LogP contribution in [0.3, 0.4) is 0 Å². The number of rotatable bonds is 7. The van der Waals surface area contributed by atoms with E-state index in [1.54, 1.807) is 47.7 Å². The van der Waals surface area contributed by atoms with Crippen molar-refractivity contribution < 1.29 is 9.59 Å². The van der Waals surface area contributed by atoms with Crippen LogP contribution in [0, 0.1) is 0 Å². The summed E-state index contributed by atoms with van der Waals surface area (Å²) in [5, 5.41) is 7.86. The van der Waals surface area contributed by atoms with Crippen molar-refractivity contribution >= 4 is 28.8 Å². The average molecular weight is 394 g/mol. The number of nitrogens with zero attached hydrogens (tertiary/aromatic N) is 1. The van der Waals surface area contributed by atoms with Crippen molar-refractivity contribution in [2.24, 2.45) is 0 Å². The number of carbonyl (C=O) groups excluding carboxylic acids is 2. The first-order chi connectivity index (χ1) is 13.5. The van der Waals surface area contributed by atoms with Crippen LogP contribution in [0.25, 0.3) is 0 Å². The minimum atomic E-state index is -0.178. The van der Waals surface area contributed by atoms with Gasteiger partial charge in [-0.1, -0.05) is 24.3 Å². The summed E-state index contributed by atoms with van der Waals surface area (Å²) in [6, 6.07) is 20.1. The molecule has 28 heavy (non-hydrogen) atoms. The molecule has 1 heterocycles. The largest absolute Gasteiger partial charge is 0.350 e. The quantitative estimate of drug-likeness (QED) is 0.637. The third-order valence-corrected chi connectivity index (χ3v) is 5.37. The summed E-state index contributed by atoms with van der Waals surface area (Å²) < 4.78 is 0. The minimum absolute atomic E-state index is 0.133. The first-order valence-electron chi connectivity index (χ1n) is 8.99. The fourth-order valence-electron chi connectivity index (χ4n) is 2.81. The lowest BCUT2D eigenvalue weighted by Gasteiger charge is -2.23. The summed E-state index contributed by atoms with van der Waals surface area (Å²) in [6.45, 7) is 0.527. The third-order valence-electron chi connectivity index (χ3n) is 4.39. The molecule has 3 rings (SSSR count). The molecule has 2 aromatic carbocycles. The van der Waals surface area contributed by atoms with E-state index in [9.17, 15) is 9.59 Å². The standard InChI is InChI=1S/C22H23N3O2S/c1-25(2)19(20-9-6-14-28-20)15-23-21(26)17-10-12-18(13-11-17)24-22(27)16-7-4-3-5-8-16/h3-14,19H,15H2,1-2H3,(H,23,26)(H,24,27)/t19-/m1/s1. The van der Waals surface area contributed by atoms with Gasteiger partial charge in [0.25, 0.3) is 11.8 Å². The summed E-state index contributed by atoms with van der Waals surface area (Å²) in [6.07, 6.45) is 0. The van der Waals surface area contributed by atoms with Crippen molar-refractivity contribution in [1.29, 1.82) is 0 Å². The number of hydrogen-bond acceptors (Lipinski definition) is 4. The Bertz CT molecular complexity index is 907. The van der Waals surface area contributed by atoms with Gasteiger partial charge in [0.15, 0.2) is 0 Å². The fourth-order valence-corrected chi connectivity index (χ4v) is 3.73. The van der Waals surface area contributed by atoms with Crippen molar-refractivity contribution in [3.8, 4) is 0 Å². The van der Waals surface area contributed by atoms with Crippen molar-refractivity contribution in [3.05, 3.63) is 88.1 Å². The Morgan fingerprint density at radius 3 is 2.18 bits per heavy atom. The molecule has 0 aliphatic rings. The van der Waals surface area contributed by atoms with Crippen molar-refractivity contribution in [2.75, 3.05) is 26.0 Å². The van der Waals surface area contributed by atoms with Crippen LogP contribution in [-0.2, 0) is 0 Å². The maximum Gasteiger partial charge on any atom is 0.255 e. The molecule has 2 N–H and O–H groups in total. The summed E-state index contributed by atoms with van der Waals surface area (Å²) in [7, 11) is 4.00. The second kappa shape index (κ2) is 9.30. The number of carbonyl (C=O) groups is 2. The SMILES string of the molecule is CN(C)[C@H](CNC(=O)c1ccc(NC(=O)c2ccccc2)cc1)c1cccs1. The molecule has 0 fully saturated rings. The highest BCUT2D eigenvalue weighted by Gasteiger charge is 2.16. The monoisotopic (exact) mass is 393 g/mol. The number of anilines is 1. The Labute approximate surface area is 169 Å². The van der Waals surface area contributed by atoms with Crippen LogP contribution in [-0.4, -0.2) is 37.4 Å². The third kappa shape index (κ3) is 5.06. The van der Waals surface area contributed by atoms with Gasteiger partial charge in [0.2, 0.25) is 0 Å². The molecule has 6 heteroatoms. The lowest BCUT2D eigenvalue weighted by Crippen LogP contribution is -2.34. The molecule has 1 atom stereocenters. The molecule has 0 radical (unpaired) electrons. The van der Waals surface area contributed by atoms with Crippen LogP contribution in [0.5, 0.6) is 0 Å². The highest BCUT2D eigenvalue weighted by atomic mass is 32.1. The van der Waals surface area contributed by atoms with Crippen LogP contribution < -0.4 is 10.6 Å². The predicted molar refractivity (Wildman–Crippen MR) is 114 cm³/mol. The average Bonchev–Trinajstić information content (AvgIpc) is 3.23. The van der Waals surface area contributed by atoms with Gasteiger partial charge in [0.1, 0.15) is 0 Å². The van der Waals surface area contributed by atoms with E-state index in [1.165, 1.54) is 4.88 Å². The Kier molecular flexibility index (Phi) is 6.57. The molecule has 5 nitrogen and oxygen atoms in total. The predicted octanol–water partition coefficient (Wildman–Crippen LogP) is 4.03. The van der Waals surface area contributed by atoms with E-state index in [0.29, 0.717) is 23.4 Å². The van der Waals surface area contributed by atoms with Gasteiger partial charge in [0.05, 0.1) is 6.04 Å². The van der Waals surface area contributed by atoms with Gasteiger partial charge in [-0.3, -0.25) is 9.59 Å². The van der Waals surface area contributed by atoms with Gasteiger partial charge < -0.3 is 15.5 Å². The Hall–Kier alpha value is -2.96. The molecule has 0 bridgehead atoms. The van der Waals surface area contributed by atoms with Gasteiger partial charge in [-0.05, 0) is 61.9 Å². The van der Waals surface area contributed by atoms with Crippen molar-refractivity contribution in [1.82, 2.24) is 10.2 Å². The maximum absolute atomic E-state index is 12.5. The van der Waals surface area contributed by atoms with Gasteiger partial charge in [-0.2, -0.15) is 0 Å². The molecule has 0 unspecified atom stereocenters. The molecule has 0 saturated heterocycles. The lowest BCUT2D eigenvalue weighted by molar-refractivity contribution is 0.0941. The summed E-state index contributed by atoms with van der Waals surface area (Å²) in [5.41, 5.74) is 1.80. The second-order valence-corrected chi connectivity index (χ2v) is 7.58. The molecule has 2 amide bonds. The van der Waals surface area contributed by atoms with Gasteiger partial charge in [-0.15, -0.1) is 11.3 Å². The van der Waals surface area contributed by atoms with Crippen LogP contribution >= 0.6 is 11.3 Å². The number of amides is 2. The number of hydrogen-bond donors (Lipinski definition) is 2. The molecule has 1 aromatic heterocycles. The van der Waals surface area contributed by atoms with Gasteiger partial charge in [-0.25, -0.2) is 0 Å².